The minimum absolute atomic E-state index is 0.0449. The van der Waals surface area contributed by atoms with Gasteiger partial charge in [0.2, 0.25) is 5.91 Å². The number of carbonyl (C=O) groups is 1. The number of nitro groups is 1. The van der Waals surface area contributed by atoms with Crippen LogP contribution in [0.3, 0.4) is 0 Å². The van der Waals surface area contributed by atoms with E-state index in [2.05, 4.69) is 15.3 Å². The number of hydrazine groups is 1. The van der Waals surface area contributed by atoms with E-state index in [9.17, 15) is 23.3 Å². The van der Waals surface area contributed by atoms with Crippen LogP contribution < -0.4 is 10.3 Å². The van der Waals surface area contributed by atoms with Crippen LogP contribution in [0, 0.1) is 10.1 Å². The highest BCUT2D eigenvalue weighted by molar-refractivity contribution is 7.90. The fraction of sp³-hybridized carbons (Fsp3) is 0.389. The molecule has 1 aromatic carbocycles. The molecule has 1 aromatic heterocycles. The molecule has 1 amide bonds. The molecule has 0 spiro atoms. The van der Waals surface area contributed by atoms with Gasteiger partial charge in [-0.05, 0) is 37.1 Å². The minimum atomic E-state index is -3.30. The third kappa shape index (κ3) is 5.00. The Kier molecular flexibility index (Phi) is 6.15. The van der Waals surface area contributed by atoms with Crippen molar-refractivity contribution in [2.75, 3.05) is 29.7 Å². The van der Waals surface area contributed by atoms with Crippen LogP contribution in [0.4, 0.5) is 17.3 Å². The monoisotopic (exact) mass is 434 g/mol. The van der Waals surface area contributed by atoms with Crippen molar-refractivity contribution < 1.29 is 18.2 Å². The van der Waals surface area contributed by atoms with Crippen molar-refractivity contribution in [3.8, 4) is 0 Å². The molecule has 1 fully saturated rings. The van der Waals surface area contributed by atoms with Crippen molar-refractivity contribution >= 4 is 33.1 Å². The van der Waals surface area contributed by atoms with Gasteiger partial charge in [0, 0.05) is 38.0 Å². The van der Waals surface area contributed by atoms with E-state index in [0.717, 1.165) is 11.3 Å². The third-order valence-electron chi connectivity index (χ3n) is 4.87. The van der Waals surface area contributed by atoms with Gasteiger partial charge in [0.15, 0.2) is 20.7 Å². The largest absolute Gasteiger partial charge is 0.343 e. The number of benzene rings is 1. The second kappa shape index (κ2) is 8.61. The van der Waals surface area contributed by atoms with Crippen LogP contribution in [0.2, 0.25) is 0 Å². The number of amides is 1. The van der Waals surface area contributed by atoms with Crippen molar-refractivity contribution in [2.45, 2.75) is 30.7 Å². The number of nitrogens with zero attached hydrogens (tertiary/aromatic N) is 5. The molecule has 1 aliphatic rings. The molecule has 3 rings (SSSR count). The molecular weight excluding hydrogens is 412 g/mol. The normalized spacial score (nSPS) is 14.9. The highest BCUT2D eigenvalue weighted by Gasteiger charge is 2.34. The van der Waals surface area contributed by atoms with Crippen LogP contribution in [0.5, 0.6) is 0 Å². The van der Waals surface area contributed by atoms with Gasteiger partial charge in [0.05, 0.1) is 4.90 Å². The van der Waals surface area contributed by atoms with Gasteiger partial charge in [-0.2, -0.15) is 0 Å². The molecule has 0 radical (unpaired) electrons. The number of hydrogen-bond donors (Lipinski definition) is 1. The standard InChI is InChI=1S/C18H22N6O5S/c1-13(25)22-9-7-15(8-10-22)23(24(26)27)18-11-17(19-12-20-18)21-14-3-5-16(6-4-14)30(2,28)29/h3-6,11-12,15H,7-10H2,1-2H3,(H,19,20,21). The SMILES string of the molecule is CC(=O)N1CCC(N(c2cc(Nc3ccc(S(C)(=O)=O)cc3)ncn2)[N+](=O)[O-])CC1. The lowest BCUT2D eigenvalue weighted by Gasteiger charge is -2.33. The number of hydrogen-bond acceptors (Lipinski definition) is 8. The number of sulfone groups is 1. The Morgan fingerprint density at radius 2 is 1.87 bits per heavy atom. The summed E-state index contributed by atoms with van der Waals surface area (Å²) < 4.78 is 23.1. The number of likely N-dealkylation sites (tertiary alicyclic amines) is 1. The summed E-state index contributed by atoms with van der Waals surface area (Å²) in [6.45, 7) is 2.39. The van der Waals surface area contributed by atoms with Crippen LogP contribution in [0.1, 0.15) is 19.8 Å². The van der Waals surface area contributed by atoms with Crippen LogP contribution in [0.25, 0.3) is 0 Å². The molecule has 1 aliphatic heterocycles. The van der Waals surface area contributed by atoms with Gasteiger partial charge in [-0.1, -0.05) is 5.01 Å². The first-order valence-corrected chi connectivity index (χ1v) is 11.1. The topological polar surface area (TPSA) is 139 Å². The van der Waals surface area contributed by atoms with Crippen LogP contribution >= 0.6 is 0 Å². The quantitative estimate of drug-likeness (QED) is 0.531. The molecule has 1 saturated heterocycles. The molecule has 2 heterocycles. The maximum absolute atomic E-state index is 11.7. The molecule has 1 N–H and O–H groups in total. The smallest absolute Gasteiger partial charge is 0.219 e. The zero-order valence-electron chi connectivity index (χ0n) is 16.6. The Morgan fingerprint density at radius 1 is 1.23 bits per heavy atom. The maximum atomic E-state index is 11.7. The van der Waals surface area contributed by atoms with E-state index in [-0.39, 0.29) is 16.6 Å². The summed E-state index contributed by atoms with van der Waals surface area (Å²) in [5.74, 6) is 0.420. The zero-order valence-corrected chi connectivity index (χ0v) is 17.4. The van der Waals surface area contributed by atoms with Crippen molar-refractivity contribution in [1.29, 1.82) is 0 Å². The van der Waals surface area contributed by atoms with Crippen LogP contribution in [-0.4, -0.2) is 59.6 Å². The van der Waals surface area contributed by atoms with Crippen molar-refractivity contribution in [2.24, 2.45) is 0 Å². The number of aromatic nitrogens is 2. The van der Waals surface area contributed by atoms with E-state index < -0.39 is 20.9 Å². The summed E-state index contributed by atoms with van der Waals surface area (Å²) in [7, 11) is -3.30. The molecule has 0 aliphatic carbocycles. The highest BCUT2D eigenvalue weighted by atomic mass is 32.2. The molecular formula is C18H22N6O5S. The Bertz CT molecular complexity index is 1040. The lowest BCUT2D eigenvalue weighted by Crippen LogP contribution is -2.48. The van der Waals surface area contributed by atoms with Gasteiger partial charge in [-0.25, -0.2) is 28.5 Å². The summed E-state index contributed by atoms with van der Waals surface area (Å²) >= 11 is 0. The fourth-order valence-electron chi connectivity index (χ4n) is 3.30. The predicted octanol–water partition coefficient (Wildman–Crippen LogP) is 1.63. The van der Waals surface area contributed by atoms with E-state index in [1.165, 1.54) is 31.5 Å². The molecule has 0 saturated carbocycles. The van der Waals surface area contributed by atoms with Gasteiger partial charge < -0.3 is 10.2 Å². The fourth-order valence-corrected chi connectivity index (χ4v) is 3.93. The lowest BCUT2D eigenvalue weighted by molar-refractivity contribution is -0.501. The zero-order chi connectivity index (χ0) is 21.9. The Morgan fingerprint density at radius 3 is 2.40 bits per heavy atom. The minimum Gasteiger partial charge on any atom is -0.343 e. The molecule has 0 atom stereocenters. The average molecular weight is 434 g/mol. The summed E-state index contributed by atoms with van der Waals surface area (Å²) in [5.41, 5.74) is 0.578. The van der Waals surface area contributed by atoms with Gasteiger partial charge in [-0.15, -0.1) is 0 Å². The van der Waals surface area contributed by atoms with E-state index in [1.807, 2.05) is 0 Å². The van der Waals surface area contributed by atoms with Crippen molar-refractivity contribution in [1.82, 2.24) is 14.9 Å². The lowest BCUT2D eigenvalue weighted by atomic mass is 10.0. The molecule has 11 nitrogen and oxygen atoms in total. The van der Waals surface area contributed by atoms with Gasteiger partial charge in [0.25, 0.3) is 0 Å². The Balaban J connectivity index is 1.77. The van der Waals surface area contributed by atoms with Gasteiger partial charge in [-0.3, -0.25) is 4.79 Å². The molecule has 0 unspecified atom stereocenters. The number of carbonyl (C=O) groups excluding carboxylic acids is 1. The first kappa shape index (κ1) is 21.4. The number of rotatable bonds is 6. The van der Waals surface area contributed by atoms with Crippen LogP contribution in [-0.2, 0) is 14.6 Å². The molecule has 0 bridgehead atoms. The van der Waals surface area contributed by atoms with Crippen LogP contribution in [0.15, 0.2) is 41.6 Å². The first-order chi connectivity index (χ1) is 14.1. The van der Waals surface area contributed by atoms with E-state index >= 15 is 0 Å². The molecule has 12 heteroatoms. The van der Waals surface area contributed by atoms with Gasteiger partial charge >= 0.3 is 0 Å². The third-order valence-corrected chi connectivity index (χ3v) is 6.00. The summed E-state index contributed by atoms with van der Waals surface area (Å²) in [6.07, 6.45) is 3.27. The summed E-state index contributed by atoms with van der Waals surface area (Å²) in [4.78, 5) is 33.2. The summed E-state index contributed by atoms with van der Waals surface area (Å²) in [5, 5.41) is 15.2. The van der Waals surface area contributed by atoms with E-state index in [4.69, 9.17) is 0 Å². The Labute approximate surface area is 173 Å². The summed E-state index contributed by atoms with van der Waals surface area (Å²) in [6, 6.07) is 7.16. The maximum Gasteiger partial charge on any atom is 0.219 e. The first-order valence-electron chi connectivity index (χ1n) is 9.23. The number of nitrogens with one attached hydrogen (secondary N) is 1. The second-order valence-electron chi connectivity index (χ2n) is 7.00. The van der Waals surface area contributed by atoms with E-state index in [0.29, 0.717) is 37.4 Å². The number of piperidine rings is 1. The number of anilines is 3. The second-order valence-corrected chi connectivity index (χ2v) is 9.02. The molecule has 160 valence electrons. The van der Waals surface area contributed by atoms with Gasteiger partial charge in [0.1, 0.15) is 18.2 Å². The average Bonchev–Trinajstić information content (AvgIpc) is 2.68. The molecule has 2 aromatic rings. The predicted molar refractivity (Wildman–Crippen MR) is 110 cm³/mol. The van der Waals surface area contributed by atoms with Crippen molar-refractivity contribution in [3.63, 3.8) is 0 Å². The highest BCUT2D eigenvalue weighted by Crippen LogP contribution is 2.25. The van der Waals surface area contributed by atoms with Crippen molar-refractivity contribution in [3.05, 3.63) is 46.8 Å². The van der Waals surface area contributed by atoms with E-state index in [1.54, 1.807) is 17.0 Å². The Hall–Kier alpha value is -3.28. The molecule has 30 heavy (non-hydrogen) atoms.